The zero-order valence-corrected chi connectivity index (χ0v) is 13.6. The van der Waals surface area contributed by atoms with Gasteiger partial charge in [-0.15, -0.1) is 0 Å². The highest BCUT2D eigenvalue weighted by molar-refractivity contribution is 8.18. The predicted octanol–water partition coefficient (Wildman–Crippen LogP) is 2.58. The van der Waals surface area contributed by atoms with E-state index < -0.39 is 0 Å². The lowest BCUT2D eigenvalue weighted by molar-refractivity contribution is -0.113. The van der Waals surface area contributed by atoms with Crippen LogP contribution < -0.4 is 0 Å². The van der Waals surface area contributed by atoms with E-state index in [1.165, 1.54) is 43.3 Å². The number of hydrogen-bond acceptors (Lipinski definition) is 4. The quantitative estimate of drug-likeness (QED) is 0.741. The van der Waals surface area contributed by atoms with E-state index in [9.17, 15) is 9.18 Å². The first-order valence-corrected chi connectivity index (χ1v) is 8.78. The maximum absolute atomic E-state index is 13.3. The van der Waals surface area contributed by atoms with Crippen LogP contribution >= 0.6 is 11.8 Å². The highest BCUT2D eigenvalue weighted by Gasteiger charge is 2.34. The molecule has 3 aliphatic rings. The van der Waals surface area contributed by atoms with Gasteiger partial charge in [0.1, 0.15) is 5.82 Å². The van der Waals surface area contributed by atoms with Crippen LogP contribution in [0, 0.1) is 5.82 Å². The minimum Gasteiger partial charge on any atom is -0.348 e. The van der Waals surface area contributed by atoms with E-state index in [1.54, 1.807) is 18.2 Å². The fraction of sp³-hybridized carbons (Fsp3) is 0.412. The van der Waals surface area contributed by atoms with Gasteiger partial charge < -0.3 is 4.90 Å². The first-order valence-electron chi connectivity index (χ1n) is 7.96. The molecule has 3 aliphatic heterocycles. The molecule has 0 radical (unpaired) electrons. The van der Waals surface area contributed by atoms with Crippen LogP contribution in [0.2, 0.25) is 0 Å². The summed E-state index contributed by atoms with van der Waals surface area (Å²) in [5, 5.41) is 0.796. The normalized spacial score (nSPS) is 26.7. The molecule has 0 aliphatic carbocycles. The average molecular weight is 331 g/mol. The molecule has 4 nitrogen and oxygen atoms in total. The first-order chi connectivity index (χ1) is 11.2. The van der Waals surface area contributed by atoms with E-state index in [0.717, 1.165) is 24.8 Å². The molecule has 1 unspecified atom stereocenters. The summed E-state index contributed by atoms with van der Waals surface area (Å²) in [7, 11) is 0. The first kappa shape index (κ1) is 14.9. The lowest BCUT2D eigenvalue weighted by atomic mass is 10.2. The van der Waals surface area contributed by atoms with Gasteiger partial charge in [-0.05, 0) is 54.9 Å². The second kappa shape index (κ2) is 6.09. The summed E-state index contributed by atoms with van der Waals surface area (Å²) in [4.78, 5) is 21.7. The van der Waals surface area contributed by atoms with E-state index in [-0.39, 0.29) is 11.7 Å². The van der Waals surface area contributed by atoms with Crippen molar-refractivity contribution in [1.29, 1.82) is 0 Å². The lowest BCUT2D eigenvalue weighted by Gasteiger charge is -2.38. The summed E-state index contributed by atoms with van der Waals surface area (Å²) >= 11 is 1.41. The molecule has 1 amide bonds. The third-order valence-electron chi connectivity index (χ3n) is 4.61. The Labute approximate surface area is 139 Å². The van der Waals surface area contributed by atoms with Crippen molar-refractivity contribution in [1.82, 2.24) is 9.80 Å². The molecule has 3 heterocycles. The summed E-state index contributed by atoms with van der Waals surface area (Å²) in [6, 6.07) is 6.86. The van der Waals surface area contributed by atoms with E-state index >= 15 is 0 Å². The minimum atomic E-state index is -0.298. The van der Waals surface area contributed by atoms with Crippen molar-refractivity contribution in [2.45, 2.75) is 18.9 Å². The van der Waals surface area contributed by atoms with Gasteiger partial charge in [-0.25, -0.2) is 4.39 Å². The molecule has 2 saturated heterocycles. The maximum Gasteiger partial charge on any atom is 0.286 e. The summed E-state index contributed by atoms with van der Waals surface area (Å²) in [5.74, 6) is -0.517. The van der Waals surface area contributed by atoms with Gasteiger partial charge in [0, 0.05) is 25.7 Å². The number of carbonyl (C=O) groups excluding carboxylic acids is 1. The number of fused-ring (bicyclic) bond motifs is 1. The number of amides is 1. The molecule has 4 rings (SSSR count). The fourth-order valence-electron chi connectivity index (χ4n) is 3.45. The number of amidine groups is 1. The van der Waals surface area contributed by atoms with Crippen LogP contribution in [0.1, 0.15) is 18.4 Å². The second-order valence-electron chi connectivity index (χ2n) is 6.14. The lowest BCUT2D eigenvalue weighted by Crippen LogP contribution is -2.51. The Morgan fingerprint density at radius 1 is 1.30 bits per heavy atom. The number of carbonyl (C=O) groups is 1. The van der Waals surface area contributed by atoms with E-state index in [4.69, 9.17) is 0 Å². The number of aliphatic imine (C=N–C) groups is 1. The Kier molecular flexibility index (Phi) is 3.95. The van der Waals surface area contributed by atoms with Gasteiger partial charge in [0.15, 0.2) is 5.17 Å². The van der Waals surface area contributed by atoms with Crippen LogP contribution in [0.15, 0.2) is 34.2 Å². The number of rotatable bonds is 1. The van der Waals surface area contributed by atoms with Crippen LogP contribution in [0.5, 0.6) is 0 Å². The van der Waals surface area contributed by atoms with Crippen molar-refractivity contribution >= 4 is 28.9 Å². The maximum atomic E-state index is 13.3. The molecule has 1 atom stereocenters. The topological polar surface area (TPSA) is 35.9 Å². The highest BCUT2D eigenvalue weighted by atomic mass is 32.2. The molecule has 1 aromatic carbocycles. The largest absolute Gasteiger partial charge is 0.348 e. The number of thioether (sulfide) groups is 1. The number of nitrogens with zero attached hydrogens (tertiary/aromatic N) is 3. The van der Waals surface area contributed by atoms with Gasteiger partial charge in [0.25, 0.3) is 5.91 Å². The molecular weight excluding hydrogens is 313 g/mol. The Morgan fingerprint density at radius 2 is 2.22 bits per heavy atom. The third kappa shape index (κ3) is 3.05. The van der Waals surface area contributed by atoms with Crippen LogP contribution in [-0.4, -0.2) is 53.1 Å². The van der Waals surface area contributed by atoms with Crippen molar-refractivity contribution in [2.75, 3.05) is 26.2 Å². The van der Waals surface area contributed by atoms with Crippen molar-refractivity contribution in [2.24, 2.45) is 4.99 Å². The Bertz CT molecular complexity index is 703. The monoisotopic (exact) mass is 331 g/mol. The Balaban J connectivity index is 1.48. The minimum absolute atomic E-state index is 0.219. The number of piperazine rings is 1. The zero-order chi connectivity index (χ0) is 15.8. The van der Waals surface area contributed by atoms with Gasteiger partial charge in [-0.3, -0.25) is 9.69 Å². The summed E-state index contributed by atoms with van der Waals surface area (Å²) < 4.78 is 13.3. The van der Waals surface area contributed by atoms with Crippen LogP contribution in [0.3, 0.4) is 0 Å². The van der Waals surface area contributed by atoms with Crippen LogP contribution in [0.25, 0.3) is 6.08 Å². The molecule has 0 spiro atoms. The third-order valence-corrected chi connectivity index (χ3v) is 5.66. The molecular formula is C17H18FN3OS. The smallest absolute Gasteiger partial charge is 0.286 e. The highest BCUT2D eigenvalue weighted by Crippen LogP contribution is 2.32. The van der Waals surface area contributed by atoms with Gasteiger partial charge in [-0.1, -0.05) is 12.1 Å². The molecule has 0 N–H and O–H groups in total. The zero-order valence-electron chi connectivity index (χ0n) is 12.7. The summed E-state index contributed by atoms with van der Waals surface area (Å²) in [6.45, 7) is 4.11. The molecule has 1 aromatic rings. The fourth-order valence-corrected chi connectivity index (χ4v) is 4.39. The summed E-state index contributed by atoms with van der Waals surface area (Å²) in [6.07, 6.45) is 4.22. The second-order valence-corrected chi connectivity index (χ2v) is 7.15. The average Bonchev–Trinajstić information content (AvgIpc) is 3.14. The number of hydrogen-bond donors (Lipinski definition) is 0. The molecule has 0 bridgehead atoms. The van der Waals surface area contributed by atoms with Gasteiger partial charge >= 0.3 is 0 Å². The molecule has 0 aromatic heterocycles. The summed E-state index contributed by atoms with van der Waals surface area (Å²) in [5.41, 5.74) is 0.693. The van der Waals surface area contributed by atoms with Gasteiger partial charge in [-0.2, -0.15) is 4.99 Å². The number of benzene rings is 1. The van der Waals surface area contributed by atoms with E-state index in [1.807, 2.05) is 0 Å². The Morgan fingerprint density at radius 3 is 3.09 bits per heavy atom. The van der Waals surface area contributed by atoms with Crippen molar-refractivity contribution in [3.8, 4) is 0 Å². The Hall–Kier alpha value is -1.66. The number of halogens is 1. The van der Waals surface area contributed by atoms with Gasteiger partial charge in [0.05, 0.1) is 4.91 Å². The van der Waals surface area contributed by atoms with Crippen LogP contribution in [-0.2, 0) is 4.79 Å². The molecule has 120 valence electrons. The SMILES string of the molecule is O=C1N=C(N2CCN3CCCC3C2)S/C1=C\c1cccc(F)c1. The standard InChI is InChI=1S/C17H18FN3OS/c18-13-4-1-3-12(9-13)10-15-16(22)19-17(23-15)21-8-7-20-6-2-5-14(20)11-21/h1,3-4,9-10,14H,2,5-8,11H2/b15-10-. The molecule has 23 heavy (non-hydrogen) atoms. The van der Waals surface area contributed by atoms with Crippen molar-refractivity contribution in [3.05, 3.63) is 40.6 Å². The predicted molar refractivity (Wildman–Crippen MR) is 90.6 cm³/mol. The van der Waals surface area contributed by atoms with E-state index in [0.29, 0.717) is 16.5 Å². The van der Waals surface area contributed by atoms with E-state index in [2.05, 4.69) is 14.8 Å². The van der Waals surface area contributed by atoms with Crippen LogP contribution in [0.4, 0.5) is 4.39 Å². The van der Waals surface area contributed by atoms with Crippen molar-refractivity contribution in [3.63, 3.8) is 0 Å². The molecule has 0 saturated carbocycles. The van der Waals surface area contributed by atoms with Gasteiger partial charge in [0.2, 0.25) is 0 Å². The molecule has 6 heteroatoms. The molecule has 2 fully saturated rings. The van der Waals surface area contributed by atoms with Crippen molar-refractivity contribution < 1.29 is 9.18 Å².